The molecule has 0 spiro atoms. The number of carbonyl (C=O) groups is 2. The maximum absolute atomic E-state index is 12.1. The van der Waals surface area contributed by atoms with Crippen LogP contribution in [0, 0.1) is 0 Å². The zero-order chi connectivity index (χ0) is 15.2. The molecule has 1 heterocycles. The van der Waals surface area contributed by atoms with Gasteiger partial charge >= 0.3 is 12.1 Å². The molecule has 0 radical (unpaired) electrons. The van der Waals surface area contributed by atoms with Crippen LogP contribution in [0.25, 0.3) is 0 Å². The van der Waals surface area contributed by atoms with Crippen LogP contribution in [0.3, 0.4) is 0 Å². The van der Waals surface area contributed by atoms with E-state index in [1.807, 2.05) is 37.3 Å². The number of benzene rings is 1. The third-order valence-corrected chi connectivity index (χ3v) is 3.19. The predicted molar refractivity (Wildman–Crippen MR) is 77.3 cm³/mol. The molecule has 0 fully saturated rings. The van der Waals surface area contributed by atoms with Gasteiger partial charge in [-0.05, 0) is 19.4 Å². The van der Waals surface area contributed by atoms with Crippen LogP contribution in [0.15, 0.2) is 42.1 Å². The molecule has 1 aliphatic heterocycles. The van der Waals surface area contributed by atoms with E-state index in [0.717, 1.165) is 11.1 Å². The molecule has 0 bridgehead atoms. The summed E-state index contributed by atoms with van der Waals surface area (Å²) in [5, 5.41) is 0. The first-order chi connectivity index (χ1) is 10.1. The van der Waals surface area contributed by atoms with Gasteiger partial charge in [-0.3, -0.25) is 4.90 Å². The highest BCUT2D eigenvalue weighted by Crippen LogP contribution is 2.23. The Morgan fingerprint density at radius 1 is 1.24 bits per heavy atom. The smallest absolute Gasteiger partial charge is 0.414 e. The first-order valence-electron chi connectivity index (χ1n) is 6.94. The van der Waals surface area contributed by atoms with E-state index < -0.39 is 18.1 Å². The first kappa shape index (κ1) is 15.1. The molecule has 0 N–H and O–H groups in total. The second kappa shape index (κ2) is 6.92. The number of amides is 1. The predicted octanol–water partition coefficient (Wildman–Crippen LogP) is 2.86. The molecule has 0 aliphatic carbocycles. The van der Waals surface area contributed by atoms with Crippen LogP contribution in [0.4, 0.5) is 4.79 Å². The van der Waals surface area contributed by atoms with Gasteiger partial charge in [-0.15, -0.1) is 0 Å². The number of rotatable bonds is 4. The van der Waals surface area contributed by atoms with Crippen LogP contribution in [0.5, 0.6) is 0 Å². The number of hydrogen-bond donors (Lipinski definition) is 0. The molecule has 5 nitrogen and oxygen atoms in total. The third kappa shape index (κ3) is 3.84. The molecule has 112 valence electrons. The molecule has 1 aliphatic rings. The van der Waals surface area contributed by atoms with E-state index in [2.05, 4.69) is 0 Å². The Hall–Kier alpha value is -2.30. The summed E-state index contributed by atoms with van der Waals surface area (Å²) in [4.78, 5) is 25.3. The molecule has 0 saturated carbocycles. The SMILES string of the molecule is CCOC(=O)[C@H]1CC(C)=CN1C(=O)OCc1ccccc1. The maximum atomic E-state index is 12.1. The largest absolute Gasteiger partial charge is 0.464 e. The Morgan fingerprint density at radius 3 is 2.62 bits per heavy atom. The van der Waals surface area contributed by atoms with Crippen molar-refractivity contribution in [3.63, 3.8) is 0 Å². The van der Waals surface area contributed by atoms with E-state index >= 15 is 0 Å². The number of hydrogen-bond acceptors (Lipinski definition) is 4. The minimum Gasteiger partial charge on any atom is -0.464 e. The summed E-state index contributed by atoms with van der Waals surface area (Å²) in [6.45, 7) is 4.09. The fourth-order valence-corrected chi connectivity index (χ4v) is 2.19. The molecule has 0 aromatic heterocycles. The van der Waals surface area contributed by atoms with E-state index in [0.29, 0.717) is 13.0 Å². The highest BCUT2D eigenvalue weighted by molar-refractivity contribution is 5.83. The lowest BCUT2D eigenvalue weighted by Gasteiger charge is -2.21. The number of carbonyl (C=O) groups excluding carboxylic acids is 2. The molecule has 0 unspecified atom stereocenters. The highest BCUT2D eigenvalue weighted by atomic mass is 16.6. The minimum atomic E-state index is -0.617. The number of esters is 1. The summed E-state index contributed by atoms with van der Waals surface area (Å²) in [7, 11) is 0. The maximum Gasteiger partial charge on any atom is 0.414 e. The first-order valence-corrected chi connectivity index (χ1v) is 6.94. The van der Waals surface area contributed by atoms with Crippen LogP contribution < -0.4 is 0 Å². The molecule has 2 rings (SSSR count). The normalized spacial score (nSPS) is 17.3. The Balaban J connectivity index is 1.97. The monoisotopic (exact) mass is 289 g/mol. The zero-order valence-electron chi connectivity index (χ0n) is 12.2. The molecule has 1 aromatic rings. The van der Waals surface area contributed by atoms with Crippen LogP contribution in [-0.4, -0.2) is 29.6 Å². The number of ether oxygens (including phenoxy) is 2. The van der Waals surface area contributed by atoms with Crippen molar-refractivity contribution in [2.75, 3.05) is 6.61 Å². The van der Waals surface area contributed by atoms with Crippen LogP contribution >= 0.6 is 0 Å². The van der Waals surface area contributed by atoms with Gasteiger partial charge < -0.3 is 9.47 Å². The van der Waals surface area contributed by atoms with Crippen molar-refractivity contribution >= 4 is 12.1 Å². The van der Waals surface area contributed by atoms with Gasteiger partial charge in [0.25, 0.3) is 0 Å². The van der Waals surface area contributed by atoms with Crippen molar-refractivity contribution in [1.29, 1.82) is 0 Å². The lowest BCUT2D eigenvalue weighted by Crippen LogP contribution is -2.40. The van der Waals surface area contributed by atoms with Crippen molar-refractivity contribution in [2.45, 2.75) is 32.9 Å². The fourth-order valence-electron chi connectivity index (χ4n) is 2.19. The Kier molecular flexibility index (Phi) is 4.98. The second-order valence-corrected chi connectivity index (χ2v) is 4.89. The van der Waals surface area contributed by atoms with E-state index in [9.17, 15) is 9.59 Å². The molecular weight excluding hydrogens is 270 g/mol. The summed E-state index contributed by atoms with van der Waals surface area (Å²) in [5.41, 5.74) is 1.85. The molecule has 1 aromatic carbocycles. The van der Waals surface area contributed by atoms with Crippen LogP contribution in [0.2, 0.25) is 0 Å². The van der Waals surface area contributed by atoms with Crippen LogP contribution in [-0.2, 0) is 20.9 Å². The summed E-state index contributed by atoms with van der Waals surface area (Å²) in [6.07, 6.45) is 1.60. The Bertz CT molecular complexity index is 538. The minimum absolute atomic E-state index is 0.179. The van der Waals surface area contributed by atoms with Gasteiger partial charge in [0.15, 0.2) is 0 Å². The summed E-state index contributed by atoms with van der Waals surface area (Å²) < 4.78 is 10.2. The van der Waals surface area contributed by atoms with Crippen molar-refractivity contribution in [3.8, 4) is 0 Å². The highest BCUT2D eigenvalue weighted by Gasteiger charge is 2.35. The molecule has 5 heteroatoms. The Labute approximate surface area is 124 Å². The van der Waals surface area contributed by atoms with E-state index in [-0.39, 0.29) is 6.61 Å². The van der Waals surface area contributed by atoms with E-state index in [4.69, 9.17) is 9.47 Å². The standard InChI is InChI=1S/C16H19NO4/c1-3-20-15(18)14-9-12(2)10-17(14)16(19)21-11-13-7-5-4-6-8-13/h4-8,10,14H,3,9,11H2,1-2H3/t14-/m1/s1. The van der Waals surface area contributed by atoms with Gasteiger partial charge in [-0.25, -0.2) is 9.59 Å². The van der Waals surface area contributed by atoms with Crippen molar-refractivity contribution in [2.24, 2.45) is 0 Å². The average Bonchev–Trinajstić information content (AvgIpc) is 2.88. The van der Waals surface area contributed by atoms with Gasteiger partial charge in [0.05, 0.1) is 6.61 Å². The topological polar surface area (TPSA) is 55.8 Å². The summed E-state index contributed by atoms with van der Waals surface area (Å²) in [6, 6.07) is 8.79. The fraction of sp³-hybridized carbons (Fsp3) is 0.375. The van der Waals surface area contributed by atoms with E-state index in [1.54, 1.807) is 13.1 Å². The lowest BCUT2D eigenvalue weighted by molar-refractivity contribution is -0.147. The summed E-state index contributed by atoms with van der Waals surface area (Å²) >= 11 is 0. The van der Waals surface area contributed by atoms with Crippen LogP contribution in [0.1, 0.15) is 25.8 Å². The molecule has 21 heavy (non-hydrogen) atoms. The van der Waals surface area contributed by atoms with Gasteiger partial charge in [-0.2, -0.15) is 0 Å². The summed E-state index contributed by atoms with van der Waals surface area (Å²) in [5.74, 6) is -0.401. The second-order valence-electron chi connectivity index (χ2n) is 4.89. The van der Waals surface area contributed by atoms with E-state index in [1.165, 1.54) is 4.90 Å². The van der Waals surface area contributed by atoms with Crippen molar-refractivity contribution < 1.29 is 19.1 Å². The average molecular weight is 289 g/mol. The van der Waals surface area contributed by atoms with Crippen molar-refractivity contribution in [3.05, 3.63) is 47.7 Å². The zero-order valence-corrected chi connectivity index (χ0v) is 12.2. The van der Waals surface area contributed by atoms with Gasteiger partial charge in [-0.1, -0.05) is 35.9 Å². The number of nitrogens with zero attached hydrogens (tertiary/aromatic N) is 1. The Morgan fingerprint density at radius 2 is 1.95 bits per heavy atom. The van der Waals surface area contributed by atoms with Gasteiger partial charge in [0, 0.05) is 12.6 Å². The molecule has 1 amide bonds. The van der Waals surface area contributed by atoms with Crippen molar-refractivity contribution in [1.82, 2.24) is 4.90 Å². The molecule has 1 atom stereocenters. The van der Waals surface area contributed by atoms with Gasteiger partial charge in [0.2, 0.25) is 0 Å². The third-order valence-electron chi connectivity index (χ3n) is 3.19. The molecule has 0 saturated heterocycles. The lowest BCUT2D eigenvalue weighted by atomic mass is 10.1. The van der Waals surface area contributed by atoms with Gasteiger partial charge in [0.1, 0.15) is 12.6 Å². The molecular formula is C16H19NO4. The quantitative estimate of drug-likeness (QED) is 0.800.